The van der Waals surface area contributed by atoms with Gasteiger partial charge in [0.2, 0.25) is 11.8 Å². The van der Waals surface area contributed by atoms with Crippen molar-refractivity contribution in [3.05, 3.63) is 36.2 Å². The zero-order valence-electron chi connectivity index (χ0n) is 12.8. The van der Waals surface area contributed by atoms with Crippen molar-refractivity contribution in [2.24, 2.45) is 5.41 Å². The summed E-state index contributed by atoms with van der Waals surface area (Å²) in [6.07, 6.45) is 2.61. The number of pyridine rings is 1. The summed E-state index contributed by atoms with van der Waals surface area (Å²) in [6, 6.07) is 7.67. The molecule has 3 rings (SSSR count). The van der Waals surface area contributed by atoms with Gasteiger partial charge in [0.15, 0.2) is 0 Å². The molecule has 1 fully saturated rings. The lowest BCUT2D eigenvalue weighted by Crippen LogP contribution is -2.45. The second kappa shape index (κ2) is 5.40. The smallest absolute Gasteiger partial charge is 0.230 e. The van der Waals surface area contributed by atoms with Crippen molar-refractivity contribution in [2.75, 3.05) is 11.9 Å². The fourth-order valence-corrected chi connectivity index (χ4v) is 2.91. The minimum Gasteiger partial charge on any atom is -0.356 e. The van der Waals surface area contributed by atoms with Crippen LogP contribution in [0.2, 0.25) is 0 Å². The molecule has 114 valence electrons. The Hall–Kier alpha value is -2.43. The minimum atomic E-state index is -0.660. The van der Waals surface area contributed by atoms with Gasteiger partial charge in [0.25, 0.3) is 0 Å². The topological polar surface area (TPSA) is 71.1 Å². The van der Waals surface area contributed by atoms with E-state index in [0.717, 1.165) is 22.2 Å². The van der Waals surface area contributed by atoms with Crippen LogP contribution in [0.5, 0.6) is 0 Å². The van der Waals surface area contributed by atoms with E-state index in [1.54, 1.807) is 6.20 Å². The van der Waals surface area contributed by atoms with Crippen molar-refractivity contribution in [2.45, 2.75) is 26.7 Å². The summed E-state index contributed by atoms with van der Waals surface area (Å²) in [5.41, 5.74) is 1.03. The van der Waals surface area contributed by atoms with Crippen molar-refractivity contribution in [1.82, 2.24) is 10.3 Å². The molecule has 5 heteroatoms. The average Bonchev–Trinajstić information content (AvgIpc) is 2.48. The SMILES string of the molecule is Cc1nccc2c(NC(=O)C3(C)CCNC(=O)C3)cccc12. The highest BCUT2D eigenvalue weighted by Gasteiger charge is 2.38. The predicted molar refractivity (Wildman–Crippen MR) is 85.5 cm³/mol. The van der Waals surface area contributed by atoms with E-state index in [4.69, 9.17) is 0 Å². The monoisotopic (exact) mass is 297 g/mol. The summed E-state index contributed by atoms with van der Waals surface area (Å²) < 4.78 is 0. The number of aryl methyl sites for hydroxylation is 1. The molecule has 1 unspecified atom stereocenters. The molecule has 0 aliphatic carbocycles. The van der Waals surface area contributed by atoms with Crippen molar-refractivity contribution >= 4 is 28.3 Å². The Bertz CT molecular complexity index is 757. The third kappa shape index (κ3) is 2.54. The normalized spacial score (nSPS) is 21.5. The lowest BCUT2D eigenvalue weighted by Gasteiger charge is -2.31. The van der Waals surface area contributed by atoms with Crippen LogP contribution in [0.4, 0.5) is 5.69 Å². The molecule has 1 aromatic heterocycles. The highest BCUT2D eigenvalue weighted by Crippen LogP contribution is 2.32. The summed E-state index contributed by atoms with van der Waals surface area (Å²) in [4.78, 5) is 28.5. The number of piperidine rings is 1. The Balaban J connectivity index is 1.91. The van der Waals surface area contributed by atoms with Gasteiger partial charge in [-0.1, -0.05) is 19.1 Å². The first-order valence-electron chi connectivity index (χ1n) is 7.42. The molecule has 0 spiro atoms. The van der Waals surface area contributed by atoms with Crippen molar-refractivity contribution in [1.29, 1.82) is 0 Å². The number of nitrogens with zero attached hydrogens (tertiary/aromatic N) is 1. The Morgan fingerprint density at radius 2 is 2.14 bits per heavy atom. The summed E-state index contributed by atoms with van der Waals surface area (Å²) >= 11 is 0. The molecule has 0 radical (unpaired) electrons. The first kappa shape index (κ1) is 14.5. The zero-order valence-corrected chi connectivity index (χ0v) is 12.8. The quantitative estimate of drug-likeness (QED) is 0.894. The molecule has 1 aliphatic heterocycles. The molecule has 1 atom stereocenters. The van der Waals surface area contributed by atoms with Crippen LogP contribution in [-0.2, 0) is 9.59 Å². The predicted octanol–water partition coefficient (Wildman–Crippen LogP) is 2.40. The fraction of sp³-hybridized carbons (Fsp3) is 0.353. The number of benzene rings is 1. The van der Waals surface area contributed by atoms with Gasteiger partial charge in [-0.3, -0.25) is 14.6 Å². The molecule has 2 aromatic rings. The van der Waals surface area contributed by atoms with Crippen molar-refractivity contribution in [3.8, 4) is 0 Å². The Kier molecular flexibility index (Phi) is 3.56. The van der Waals surface area contributed by atoms with Gasteiger partial charge in [0.05, 0.1) is 5.41 Å². The number of nitrogens with one attached hydrogen (secondary N) is 2. The molecule has 1 aliphatic rings. The number of hydrogen-bond acceptors (Lipinski definition) is 3. The third-order valence-corrected chi connectivity index (χ3v) is 4.35. The van der Waals surface area contributed by atoms with Crippen LogP contribution in [-0.4, -0.2) is 23.3 Å². The largest absolute Gasteiger partial charge is 0.356 e. The second-order valence-electron chi connectivity index (χ2n) is 6.09. The summed E-state index contributed by atoms with van der Waals surface area (Å²) in [5.74, 6) is -0.175. The maximum absolute atomic E-state index is 12.7. The molecule has 2 amide bonds. The van der Waals surface area contributed by atoms with E-state index in [-0.39, 0.29) is 18.2 Å². The summed E-state index contributed by atoms with van der Waals surface area (Å²) in [5, 5.41) is 7.75. The maximum atomic E-state index is 12.7. The number of amides is 2. The molecular weight excluding hydrogens is 278 g/mol. The molecule has 1 aromatic carbocycles. The molecule has 0 saturated carbocycles. The zero-order chi connectivity index (χ0) is 15.7. The molecule has 5 nitrogen and oxygen atoms in total. The van der Waals surface area contributed by atoms with E-state index < -0.39 is 5.41 Å². The van der Waals surface area contributed by atoms with Crippen LogP contribution in [0.15, 0.2) is 30.5 Å². The number of anilines is 1. The number of hydrogen-bond donors (Lipinski definition) is 2. The summed E-state index contributed by atoms with van der Waals surface area (Å²) in [6.45, 7) is 4.33. The maximum Gasteiger partial charge on any atom is 0.230 e. The highest BCUT2D eigenvalue weighted by atomic mass is 16.2. The third-order valence-electron chi connectivity index (χ3n) is 4.35. The first-order valence-corrected chi connectivity index (χ1v) is 7.42. The number of aromatic nitrogens is 1. The lowest BCUT2D eigenvalue weighted by atomic mass is 9.79. The van der Waals surface area contributed by atoms with Crippen LogP contribution in [0.25, 0.3) is 10.8 Å². The van der Waals surface area contributed by atoms with Gasteiger partial charge in [-0.2, -0.15) is 0 Å². The van der Waals surface area contributed by atoms with Gasteiger partial charge in [-0.25, -0.2) is 0 Å². The molecule has 1 saturated heterocycles. The number of fused-ring (bicyclic) bond motifs is 1. The van der Waals surface area contributed by atoms with Gasteiger partial charge in [-0.05, 0) is 25.5 Å². The lowest BCUT2D eigenvalue weighted by molar-refractivity contribution is -0.134. The van der Waals surface area contributed by atoms with Crippen molar-refractivity contribution < 1.29 is 9.59 Å². The number of carbonyl (C=O) groups is 2. The van der Waals surface area contributed by atoms with Gasteiger partial charge in [0.1, 0.15) is 0 Å². The van der Waals surface area contributed by atoms with E-state index in [1.807, 2.05) is 38.1 Å². The second-order valence-corrected chi connectivity index (χ2v) is 6.09. The Morgan fingerprint density at radius 1 is 1.32 bits per heavy atom. The average molecular weight is 297 g/mol. The van der Waals surface area contributed by atoms with Gasteiger partial charge >= 0.3 is 0 Å². The van der Waals surface area contributed by atoms with E-state index in [9.17, 15) is 9.59 Å². The Morgan fingerprint density at radius 3 is 2.91 bits per heavy atom. The van der Waals surface area contributed by atoms with Crippen LogP contribution in [0.3, 0.4) is 0 Å². The van der Waals surface area contributed by atoms with Crippen molar-refractivity contribution in [3.63, 3.8) is 0 Å². The van der Waals surface area contributed by atoms with Gasteiger partial charge in [0, 0.05) is 41.3 Å². The minimum absolute atomic E-state index is 0.0677. The van der Waals surface area contributed by atoms with E-state index in [2.05, 4.69) is 15.6 Å². The van der Waals surface area contributed by atoms with Crippen LogP contribution >= 0.6 is 0 Å². The van der Waals surface area contributed by atoms with Crippen LogP contribution < -0.4 is 10.6 Å². The Labute approximate surface area is 129 Å². The van der Waals surface area contributed by atoms with Gasteiger partial charge in [-0.15, -0.1) is 0 Å². The van der Waals surface area contributed by atoms with E-state index in [1.165, 1.54) is 0 Å². The molecule has 0 bridgehead atoms. The first-order chi connectivity index (χ1) is 10.5. The fourth-order valence-electron chi connectivity index (χ4n) is 2.91. The van der Waals surface area contributed by atoms with Crippen LogP contribution in [0.1, 0.15) is 25.5 Å². The molecule has 2 heterocycles. The highest BCUT2D eigenvalue weighted by molar-refractivity contribution is 6.05. The van der Waals surface area contributed by atoms with E-state index >= 15 is 0 Å². The number of rotatable bonds is 2. The molecular formula is C17H19N3O2. The van der Waals surface area contributed by atoms with Gasteiger partial charge < -0.3 is 10.6 Å². The number of carbonyl (C=O) groups excluding carboxylic acids is 2. The van der Waals surface area contributed by atoms with E-state index in [0.29, 0.717) is 13.0 Å². The van der Waals surface area contributed by atoms with Crippen LogP contribution in [0, 0.1) is 12.3 Å². The molecule has 2 N–H and O–H groups in total. The molecule has 22 heavy (non-hydrogen) atoms. The summed E-state index contributed by atoms with van der Waals surface area (Å²) in [7, 11) is 0. The standard InChI is InChI=1S/C17H19N3O2/c1-11-12-4-3-5-14(13(12)6-8-18-11)20-16(22)17(2)7-9-19-15(21)10-17/h3-6,8H,7,9-10H2,1-2H3,(H,19,21)(H,20,22).